The van der Waals surface area contributed by atoms with Gasteiger partial charge in [-0.05, 0) is 29.3 Å². The molecule has 0 radical (unpaired) electrons. The zero-order valence-electron chi connectivity index (χ0n) is 18.8. The van der Waals surface area contributed by atoms with Gasteiger partial charge in [-0.2, -0.15) is 0 Å². The minimum atomic E-state index is -0.620. The van der Waals surface area contributed by atoms with Crippen molar-refractivity contribution < 1.29 is 23.5 Å². The highest BCUT2D eigenvalue weighted by Crippen LogP contribution is 2.42. The summed E-state index contributed by atoms with van der Waals surface area (Å²) < 4.78 is 24.3. The van der Waals surface area contributed by atoms with Crippen LogP contribution >= 0.6 is 0 Å². The molecule has 0 unspecified atom stereocenters. The smallest absolute Gasteiger partial charge is 0.254 e. The topological polar surface area (TPSA) is 71.1 Å². The van der Waals surface area contributed by atoms with E-state index in [4.69, 9.17) is 9.47 Å². The second-order valence-corrected chi connectivity index (χ2v) is 8.30. The van der Waals surface area contributed by atoms with Gasteiger partial charge in [-0.25, -0.2) is 4.39 Å². The summed E-state index contributed by atoms with van der Waals surface area (Å²) in [4.78, 5) is 30.9. The minimum absolute atomic E-state index is 0.153. The molecule has 1 N–H and O–H groups in total. The third kappa shape index (κ3) is 5.24. The van der Waals surface area contributed by atoms with Crippen molar-refractivity contribution in [1.82, 2.24) is 15.1 Å². The summed E-state index contributed by atoms with van der Waals surface area (Å²) in [5.41, 5.74) is 1.92. The molecule has 2 atom stereocenters. The summed E-state index contributed by atoms with van der Waals surface area (Å²) in [5, 5.41) is 3.08. The fourth-order valence-electron chi connectivity index (χ4n) is 4.61. The molecule has 4 rings (SSSR count). The summed E-state index contributed by atoms with van der Waals surface area (Å²) in [5.74, 6) is -1.29. The van der Waals surface area contributed by atoms with Crippen LogP contribution in [0.3, 0.4) is 0 Å². The standard InChI is InChI=1S/C25H30FN3O4/c1-32-15-14-29-23(18-6-8-19(26)9-7-18)22(20-4-2-3-5-21(20)25(29)31)24(30)27-10-11-28-12-16-33-17-13-28/h2-9,22-23H,10-17H2,1H3,(H,27,30)/t22-,23+/m0/s1. The van der Waals surface area contributed by atoms with E-state index < -0.39 is 12.0 Å². The molecule has 2 heterocycles. The van der Waals surface area contributed by atoms with Gasteiger partial charge in [-0.1, -0.05) is 30.3 Å². The van der Waals surface area contributed by atoms with Crippen LogP contribution in [-0.2, 0) is 14.3 Å². The second-order valence-electron chi connectivity index (χ2n) is 8.30. The van der Waals surface area contributed by atoms with Crippen LogP contribution in [-0.4, -0.2) is 81.3 Å². The van der Waals surface area contributed by atoms with Gasteiger partial charge in [0.2, 0.25) is 5.91 Å². The number of fused-ring (bicyclic) bond motifs is 1. The molecule has 8 heteroatoms. The SMILES string of the molecule is COCCN1C(=O)c2ccccc2[C@H](C(=O)NCCN2CCOCC2)[C@H]1c1ccc(F)cc1. The third-order valence-corrected chi connectivity index (χ3v) is 6.30. The fourth-order valence-corrected chi connectivity index (χ4v) is 4.61. The molecule has 0 spiro atoms. The molecule has 176 valence electrons. The lowest BCUT2D eigenvalue weighted by Gasteiger charge is -2.42. The molecular weight excluding hydrogens is 425 g/mol. The van der Waals surface area contributed by atoms with E-state index in [1.807, 2.05) is 12.1 Å². The van der Waals surface area contributed by atoms with Crippen molar-refractivity contribution in [1.29, 1.82) is 0 Å². The highest BCUT2D eigenvalue weighted by Gasteiger charge is 2.43. The van der Waals surface area contributed by atoms with Crippen LogP contribution < -0.4 is 5.32 Å². The van der Waals surface area contributed by atoms with Gasteiger partial charge in [0.05, 0.1) is 31.8 Å². The van der Waals surface area contributed by atoms with Gasteiger partial charge in [-0.3, -0.25) is 14.5 Å². The summed E-state index contributed by atoms with van der Waals surface area (Å²) in [7, 11) is 1.57. The number of nitrogens with one attached hydrogen (secondary N) is 1. The van der Waals surface area contributed by atoms with E-state index in [1.165, 1.54) is 12.1 Å². The van der Waals surface area contributed by atoms with Crippen LogP contribution in [0.25, 0.3) is 0 Å². The Balaban J connectivity index is 1.64. The molecular formula is C25H30FN3O4. The number of benzene rings is 2. The number of amides is 2. The normalized spacial score (nSPS) is 21.0. The van der Waals surface area contributed by atoms with Crippen LogP contribution in [0.5, 0.6) is 0 Å². The number of rotatable bonds is 8. The molecule has 2 aromatic rings. The van der Waals surface area contributed by atoms with Crippen LogP contribution in [0.4, 0.5) is 4.39 Å². The number of carbonyl (C=O) groups is 2. The molecule has 2 aliphatic rings. The van der Waals surface area contributed by atoms with Crippen molar-refractivity contribution in [3.63, 3.8) is 0 Å². The Morgan fingerprint density at radius 2 is 1.85 bits per heavy atom. The average molecular weight is 456 g/mol. The van der Waals surface area contributed by atoms with E-state index in [0.717, 1.165) is 19.6 Å². The van der Waals surface area contributed by atoms with Crippen molar-refractivity contribution in [3.05, 3.63) is 71.0 Å². The molecule has 2 aliphatic heterocycles. The van der Waals surface area contributed by atoms with Gasteiger partial charge < -0.3 is 19.7 Å². The van der Waals surface area contributed by atoms with Crippen molar-refractivity contribution in [2.24, 2.45) is 0 Å². The maximum Gasteiger partial charge on any atom is 0.254 e. The van der Waals surface area contributed by atoms with E-state index >= 15 is 0 Å². The van der Waals surface area contributed by atoms with Gasteiger partial charge >= 0.3 is 0 Å². The van der Waals surface area contributed by atoms with Gasteiger partial charge in [0, 0.05) is 45.4 Å². The van der Waals surface area contributed by atoms with Gasteiger partial charge in [0.25, 0.3) is 5.91 Å². The molecule has 2 amide bonds. The Kier molecular flexibility index (Phi) is 7.69. The number of hydrogen-bond donors (Lipinski definition) is 1. The predicted molar refractivity (Wildman–Crippen MR) is 122 cm³/mol. The molecule has 7 nitrogen and oxygen atoms in total. The van der Waals surface area contributed by atoms with Crippen molar-refractivity contribution in [3.8, 4) is 0 Å². The van der Waals surface area contributed by atoms with Gasteiger partial charge in [-0.15, -0.1) is 0 Å². The number of methoxy groups -OCH3 is 1. The largest absolute Gasteiger partial charge is 0.383 e. The average Bonchev–Trinajstić information content (AvgIpc) is 2.84. The summed E-state index contributed by atoms with van der Waals surface area (Å²) in [6.45, 7) is 4.98. The Morgan fingerprint density at radius 1 is 1.12 bits per heavy atom. The molecule has 33 heavy (non-hydrogen) atoms. The Hall–Kier alpha value is -2.81. The Morgan fingerprint density at radius 3 is 2.58 bits per heavy atom. The lowest BCUT2D eigenvalue weighted by molar-refractivity contribution is -0.124. The van der Waals surface area contributed by atoms with Gasteiger partial charge in [0.1, 0.15) is 5.82 Å². The summed E-state index contributed by atoms with van der Waals surface area (Å²) in [6.07, 6.45) is 0. The second kappa shape index (κ2) is 10.9. The summed E-state index contributed by atoms with van der Waals surface area (Å²) >= 11 is 0. The lowest BCUT2D eigenvalue weighted by atomic mass is 9.79. The number of ether oxygens (including phenoxy) is 2. The summed E-state index contributed by atoms with van der Waals surface area (Å²) in [6, 6.07) is 12.7. The van der Waals surface area contributed by atoms with Crippen molar-refractivity contribution >= 4 is 11.8 Å². The highest BCUT2D eigenvalue weighted by atomic mass is 19.1. The zero-order chi connectivity index (χ0) is 23.2. The Labute approximate surface area is 193 Å². The third-order valence-electron chi connectivity index (χ3n) is 6.30. The lowest BCUT2D eigenvalue weighted by Crippen LogP contribution is -2.49. The first-order chi connectivity index (χ1) is 16.1. The first-order valence-electron chi connectivity index (χ1n) is 11.3. The molecule has 2 aromatic carbocycles. The minimum Gasteiger partial charge on any atom is -0.383 e. The molecule has 0 aromatic heterocycles. The molecule has 1 fully saturated rings. The fraction of sp³-hybridized carbons (Fsp3) is 0.440. The molecule has 0 aliphatic carbocycles. The van der Waals surface area contributed by atoms with Crippen LogP contribution in [0.15, 0.2) is 48.5 Å². The first kappa shape index (κ1) is 23.4. The van der Waals surface area contributed by atoms with E-state index in [0.29, 0.717) is 49.6 Å². The van der Waals surface area contributed by atoms with Crippen LogP contribution in [0.2, 0.25) is 0 Å². The molecule has 0 saturated carbocycles. The molecule has 0 bridgehead atoms. The van der Waals surface area contributed by atoms with E-state index in [1.54, 1.807) is 36.3 Å². The van der Waals surface area contributed by atoms with E-state index in [-0.39, 0.29) is 17.6 Å². The van der Waals surface area contributed by atoms with Crippen LogP contribution in [0, 0.1) is 5.82 Å². The number of carbonyl (C=O) groups excluding carboxylic acids is 2. The first-order valence-corrected chi connectivity index (χ1v) is 11.3. The monoisotopic (exact) mass is 455 g/mol. The van der Waals surface area contributed by atoms with E-state index in [2.05, 4.69) is 10.2 Å². The number of nitrogens with zero attached hydrogens (tertiary/aromatic N) is 2. The quantitative estimate of drug-likeness (QED) is 0.661. The number of halogens is 1. The number of hydrogen-bond acceptors (Lipinski definition) is 5. The van der Waals surface area contributed by atoms with Crippen molar-refractivity contribution in [2.45, 2.75) is 12.0 Å². The van der Waals surface area contributed by atoms with Crippen molar-refractivity contribution in [2.75, 3.05) is 59.7 Å². The molecule has 1 saturated heterocycles. The maximum absolute atomic E-state index is 13.7. The van der Waals surface area contributed by atoms with Crippen LogP contribution in [0.1, 0.15) is 33.4 Å². The maximum atomic E-state index is 13.7. The van der Waals surface area contributed by atoms with E-state index in [9.17, 15) is 14.0 Å². The number of morpholine rings is 1. The van der Waals surface area contributed by atoms with Gasteiger partial charge in [0.15, 0.2) is 0 Å². The highest BCUT2D eigenvalue weighted by molar-refractivity contribution is 6.01. The predicted octanol–water partition coefficient (Wildman–Crippen LogP) is 2.20. The zero-order valence-corrected chi connectivity index (χ0v) is 18.8. The Bertz CT molecular complexity index is 962.